The van der Waals surface area contributed by atoms with Gasteiger partial charge in [0.25, 0.3) is 11.8 Å². The highest BCUT2D eigenvalue weighted by Crippen LogP contribution is 2.11. The molecule has 6 nitrogen and oxygen atoms in total. The van der Waals surface area contributed by atoms with Gasteiger partial charge < -0.3 is 15.6 Å². The number of aromatic amines is 1. The van der Waals surface area contributed by atoms with Crippen LogP contribution in [0, 0.1) is 0 Å². The van der Waals surface area contributed by atoms with Crippen molar-refractivity contribution >= 4 is 11.8 Å². The highest BCUT2D eigenvalue weighted by atomic mass is 16.2. The first kappa shape index (κ1) is 17.7. The molecule has 1 aromatic carbocycles. The van der Waals surface area contributed by atoms with E-state index < -0.39 is 0 Å². The van der Waals surface area contributed by atoms with Gasteiger partial charge in [-0.15, -0.1) is 0 Å². The van der Waals surface area contributed by atoms with Gasteiger partial charge in [0.15, 0.2) is 0 Å². The SMILES string of the molecule is CCCc1ccccc1C(=O)N[C@H](CC)CNC(=O)c1cnc[nH]1. The van der Waals surface area contributed by atoms with Crippen molar-refractivity contribution in [1.29, 1.82) is 0 Å². The molecule has 6 heteroatoms. The summed E-state index contributed by atoms with van der Waals surface area (Å²) in [5.74, 6) is -0.326. The summed E-state index contributed by atoms with van der Waals surface area (Å²) in [7, 11) is 0. The Balaban J connectivity index is 1.94. The van der Waals surface area contributed by atoms with E-state index in [1.54, 1.807) is 0 Å². The van der Waals surface area contributed by atoms with Gasteiger partial charge >= 0.3 is 0 Å². The summed E-state index contributed by atoms with van der Waals surface area (Å²) in [5.41, 5.74) is 2.16. The van der Waals surface area contributed by atoms with Crippen LogP contribution >= 0.6 is 0 Å². The molecule has 0 aliphatic heterocycles. The number of amides is 2. The van der Waals surface area contributed by atoms with Crippen LogP contribution in [-0.4, -0.2) is 34.4 Å². The molecule has 0 bridgehead atoms. The van der Waals surface area contributed by atoms with Gasteiger partial charge in [-0.3, -0.25) is 9.59 Å². The van der Waals surface area contributed by atoms with Crippen LogP contribution in [0.3, 0.4) is 0 Å². The van der Waals surface area contributed by atoms with Gasteiger partial charge in [-0.1, -0.05) is 38.5 Å². The third-order valence-corrected chi connectivity index (χ3v) is 3.86. The maximum atomic E-state index is 12.5. The molecule has 24 heavy (non-hydrogen) atoms. The summed E-state index contributed by atoms with van der Waals surface area (Å²) < 4.78 is 0. The molecule has 1 heterocycles. The van der Waals surface area contributed by atoms with E-state index in [-0.39, 0.29) is 17.9 Å². The van der Waals surface area contributed by atoms with E-state index in [1.807, 2.05) is 31.2 Å². The number of nitrogens with zero attached hydrogens (tertiary/aromatic N) is 1. The van der Waals surface area contributed by atoms with E-state index in [9.17, 15) is 9.59 Å². The van der Waals surface area contributed by atoms with E-state index in [0.29, 0.717) is 17.8 Å². The fourth-order valence-electron chi connectivity index (χ4n) is 2.48. The molecular formula is C18H24N4O2. The lowest BCUT2D eigenvalue weighted by Gasteiger charge is -2.18. The zero-order chi connectivity index (χ0) is 17.4. The second-order valence-electron chi connectivity index (χ2n) is 5.66. The van der Waals surface area contributed by atoms with Crippen LogP contribution in [0.15, 0.2) is 36.8 Å². The van der Waals surface area contributed by atoms with Crippen molar-refractivity contribution in [2.24, 2.45) is 0 Å². The van der Waals surface area contributed by atoms with Gasteiger partial charge in [0, 0.05) is 18.2 Å². The zero-order valence-electron chi connectivity index (χ0n) is 14.1. The Morgan fingerprint density at radius 3 is 2.67 bits per heavy atom. The van der Waals surface area contributed by atoms with Gasteiger partial charge in [-0.25, -0.2) is 4.98 Å². The predicted octanol–water partition coefficient (Wildman–Crippen LogP) is 2.30. The molecule has 0 saturated heterocycles. The number of aryl methyl sites for hydroxylation is 1. The summed E-state index contributed by atoms with van der Waals surface area (Å²) in [4.78, 5) is 31.0. The number of hydrogen-bond donors (Lipinski definition) is 3. The number of rotatable bonds is 8. The Kier molecular flexibility index (Phi) is 6.54. The number of imidazole rings is 1. The number of carbonyl (C=O) groups is 2. The maximum absolute atomic E-state index is 12.5. The predicted molar refractivity (Wildman–Crippen MR) is 92.9 cm³/mol. The molecule has 2 amide bonds. The van der Waals surface area contributed by atoms with E-state index in [0.717, 1.165) is 24.8 Å². The highest BCUT2D eigenvalue weighted by Gasteiger charge is 2.16. The van der Waals surface area contributed by atoms with Crippen LogP contribution in [0.5, 0.6) is 0 Å². The maximum Gasteiger partial charge on any atom is 0.269 e. The third kappa shape index (κ3) is 4.68. The van der Waals surface area contributed by atoms with Crippen molar-refractivity contribution in [2.45, 2.75) is 39.2 Å². The highest BCUT2D eigenvalue weighted by molar-refractivity contribution is 5.96. The monoisotopic (exact) mass is 328 g/mol. The number of nitrogens with one attached hydrogen (secondary N) is 3. The summed E-state index contributed by atoms with van der Waals surface area (Å²) in [5, 5.41) is 5.81. The molecule has 0 radical (unpaired) electrons. The van der Waals surface area contributed by atoms with E-state index >= 15 is 0 Å². The van der Waals surface area contributed by atoms with E-state index in [2.05, 4.69) is 27.5 Å². The van der Waals surface area contributed by atoms with Gasteiger partial charge in [-0.05, 0) is 24.5 Å². The lowest BCUT2D eigenvalue weighted by molar-refractivity contribution is 0.0905. The Morgan fingerprint density at radius 2 is 2.00 bits per heavy atom. The topological polar surface area (TPSA) is 86.9 Å². The Labute approximate surface area is 142 Å². The Bertz CT molecular complexity index is 667. The molecule has 0 aliphatic carbocycles. The zero-order valence-corrected chi connectivity index (χ0v) is 14.1. The minimum absolute atomic E-state index is 0.0957. The largest absolute Gasteiger partial charge is 0.349 e. The minimum atomic E-state index is -0.230. The minimum Gasteiger partial charge on any atom is -0.349 e. The van der Waals surface area contributed by atoms with Crippen molar-refractivity contribution in [2.75, 3.05) is 6.54 Å². The average Bonchev–Trinajstić information content (AvgIpc) is 3.13. The summed E-state index contributed by atoms with van der Waals surface area (Å²) >= 11 is 0. The first-order chi connectivity index (χ1) is 11.7. The number of H-pyrrole nitrogens is 1. The first-order valence-corrected chi connectivity index (χ1v) is 8.31. The molecule has 128 valence electrons. The third-order valence-electron chi connectivity index (χ3n) is 3.86. The first-order valence-electron chi connectivity index (χ1n) is 8.31. The molecule has 2 aromatic rings. The van der Waals surface area contributed by atoms with Crippen molar-refractivity contribution < 1.29 is 9.59 Å². The van der Waals surface area contributed by atoms with Crippen LogP contribution in [-0.2, 0) is 6.42 Å². The molecule has 2 rings (SSSR count). The summed E-state index contributed by atoms with van der Waals surface area (Å²) in [6.45, 7) is 4.44. The van der Waals surface area contributed by atoms with Gasteiger partial charge in [-0.2, -0.15) is 0 Å². The molecule has 1 aromatic heterocycles. The smallest absolute Gasteiger partial charge is 0.269 e. The quantitative estimate of drug-likeness (QED) is 0.695. The van der Waals surface area contributed by atoms with Crippen LogP contribution in [0.25, 0.3) is 0 Å². The Morgan fingerprint density at radius 1 is 1.21 bits per heavy atom. The molecule has 0 unspecified atom stereocenters. The summed E-state index contributed by atoms with van der Waals surface area (Å²) in [6, 6.07) is 7.52. The van der Waals surface area contributed by atoms with E-state index in [4.69, 9.17) is 0 Å². The van der Waals surface area contributed by atoms with Crippen molar-refractivity contribution in [3.05, 3.63) is 53.6 Å². The Hall–Kier alpha value is -2.63. The molecule has 1 atom stereocenters. The normalized spacial score (nSPS) is 11.8. The number of benzene rings is 1. The molecule has 0 saturated carbocycles. The van der Waals surface area contributed by atoms with Crippen LogP contribution in [0.4, 0.5) is 0 Å². The average molecular weight is 328 g/mol. The second-order valence-corrected chi connectivity index (χ2v) is 5.66. The van der Waals surface area contributed by atoms with Crippen LogP contribution < -0.4 is 10.6 Å². The molecule has 0 spiro atoms. The number of hydrogen-bond acceptors (Lipinski definition) is 3. The van der Waals surface area contributed by atoms with Gasteiger partial charge in [0.1, 0.15) is 5.69 Å². The van der Waals surface area contributed by atoms with E-state index in [1.165, 1.54) is 12.5 Å². The number of carbonyl (C=O) groups excluding carboxylic acids is 2. The molecular weight excluding hydrogens is 304 g/mol. The van der Waals surface area contributed by atoms with Crippen molar-refractivity contribution in [3.63, 3.8) is 0 Å². The lowest BCUT2D eigenvalue weighted by Crippen LogP contribution is -2.43. The van der Waals surface area contributed by atoms with Crippen molar-refractivity contribution in [1.82, 2.24) is 20.6 Å². The second kappa shape index (κ2) is 8.86. The molecule has 3 N–H and O–H groups in total. The molecule has 0 aliphatic rings. The lowest BCUT2D eigenvalue weighted by atomic mass is 10.0. The van der Waals surface area contributed by atoms with Gasteiger partial charge in [0.2, 0.25) is 0 Å². The standard InChI is InChI=1S/C18H24N4O2/c1-3-7-13-8-5-6-9-15(13)17(23)22-14(4-2)10-20-18(24)16-11-19-12-21-16/h5-6,8-9,11-12,14H,3-4,7,10H2,1-2H3,(H,19,21)(H,20,24)(H,22,23)/t14-/m1/s1. The van der Waals surface area contributed by atoms with Crippen LogP contribution in [0.2, 0.25) is 0 Å². The fraction of sp³-hybridized carbons (Fsp3) is 0.389. The fourth-order valence-corrected chi connectivity index (χ4v) is 2.48. The number of aromatic nitrogens is 2. The molecule has 0 fully saturated rings. The van der Waals surface area contributed by atoms with Crippen LogP contribution in [0.1, 0.15) is 53.1 Å². The summed E-state index contributed by atoms with van der Waals surface area (Å²) in [6.07, 6.45) is 5.51. The van der Waals surface area contributed by atoms with Crippen molar-refractivity contribution in [3.8, 4) is 0 Å². The van der Waals surface area contributed by atoms with Gasteiger partial charge in [0.05, 0.1) is 12.5 Å².